The van der Waals surface area contributed by atoms with Gasteiger partial charge in [0.05, 0.1) is 19.8 Å². The van der Waals surface area contributed by atoms with Gasteiger partial charge in [-0.2, -0.15) is 0 Å². The first kappa shape index (κ1) is 16.1. The highest BCUT2D eigenvalue weighted by Gasteiger charge is 2.34. The number of nitrogens with zero attached hydrogens (tertiary/aromatic N) is 3. The van der Waals surface area contributed by atoms with Crippen LogP contribution in [0.3, 0.4) is 0 Å². The lowest BCUT2D eigenvalue weighted by molar-refractivity contribution is -0.0107. The molecule has 1 aromatic heterocycles. The van der Waals surface area contributed by atoms with E-state index in [1.54, 1.807) is 4.90 Å². The Morgan fingerprint density at radius 1 is 1.28 bits per heavy atom. The summed E-state index contributed by atoms with van der Waals surface area (Å²) in [6, 6.07) is 5.25. The molecule has 1 fully saturated rings. The van der Waals surface area contributed by atoms with Gasteiger partial charge in [-0.05, 0) is 23.8 Å². The lowest BCUT2D eigenvalue weighted by Crippen LogP contribution is -2.43. The van der Waals surface area contributed by atoms with Gasteiger partial charge in [-0.3, -0.25) is 4.79 Å². The first-order chi connectivity index (χ1) is 12.1. The highest BCUT2D eigenvalue weighted by atomic mass is 16.5. The van der Waals surface area contributed by atoms with Crippen LogP contribution in [-0.2, 0) is 11.2 Å². The maximum Gasteiger partial charge on any atom is 0.254 e. The van der Waals surface area contributed by atoms with Crippen LogP contribution in [0.2, 0.25) is 0 Å². The van der Waals surface area contributed by atoms with Crippen molar-refractivity contribution in [1.82, 2.24) is 15.1 Å². The molecule has 2 aliphatic heterocycles. The largest absolute Gasteiger partial charge is 0.493 e. The molecule has 7 nitrogen and oxygen atoms in total. The van der Waals surface area contributed by atoms with E-state index in [0.717, 1.165) is 17.7 Å². The smallest absolute Gasteiger partial charge is 0.254 e. The summed E-state index contributed by atoms with van der Waals surface area (Å²) in [4.78, 5) is 14.8. The number of rotatable bonds is 3. The van der Waals surface area contributed by atoms with E-state index in [9.17, 15) is 4.79 Å². The Balaban J connectivity index is 1.60. The topological polar surface area (TPSA) is 77.7 Å². The number of hydrogen-bond acceptors (Lipinski definition) is 6. The SMILES string of the molecule is CC(C)c1nnc(C2COCCN2C(=O)c2ccc3c(c2)CCO3)o1. The lowest BCUT2D eigenvalue weighted by Gasteiger charge is -2.33. The Morgan fingerprint density at radius 3 is 2.96 bits per heavy atom. The van der Waals surface area contributed by atoms with Crippen LogP contribution in [-0.4, -0.2) is 47.4 Å². The third-order valence-electron chi connectivity index (χ3n) is 4.56. The van der Waals surface area contributed by atoms with Crippen molar-refractivity contribution in [3.63, 3.8) is 0 Å². The molecule has 0 N–H and O–H groups in total. The van der Waals surface area contributed by atoms with Crippen LogP contribution in [0.15, 0.2) is 22.6 Å². The number of morpholine rings is 1. The molecule has 25 heavy (non-hydrogen) atoms. The molecule has 4 rings (SSSR count). The summed E-state index contributed by atoms with van der Waals surface area (Å²) in [5.41, 5.74) is 1.73. The van der Waals surface area contributed by atoms with Crippen molar-refractivity contribution in [2.45, 2.75) is 32.2 Å². The van der Waals surface area contributed by atoms with Gasteiger partial charge in [0.1, 0.15) is 11.8 Å². The van der Waals surface area contributed by atoms with Crippen LogP contribution in [0.4, 0.5) is 0 Å². The molecule has 2 aromatic rings. The van der Waals surface area contributed by atoms with E-state index in [1.165, 1.54) is 0 Å². The highest BCUT2D eigenvalue weighted by Crippen LogP contribution is 2.30. The first-order valence-electron chi connectivity index (χ1n) is 8.61. The molecule has 1 atom stereocenters. The Morgan fingerprint density at radius 2 is 2.16 bits per heavy atom. The lowest BCUT2D eigenvalue weighted by atomic mass is 10.1. The van der Waals surface area contributed by atoms with Crippen molar-refractivity contribution in [3.05, 3.63) is 41.1 Å². The summed E-state index contributed by atoms with van der Waals surface area (Å²) in [5, 5.41) is 8.21. The molecule has 7 heteroatoms. The average molecular weight is 343 g/mol. The zero-order valence-electron chi connectivity index (χ0n) is 14.4. The van der Waals surface area contributed by atoms with Crippen molar-refractivity contribution in [3.8, 4) is 5.75 Å². The number of aromatic nitrogens is 2. The standard InChI is InChI=1S/C18H21N3O4/c1-11(2)16-19-20-17(25-16)14-10-23-8-6-21(14)18(22)13-3-4-15-12(9-13)5-7-24-15/h3-4,9,11,14H,5-8,10H2,1-2H3. The van der Waals surface area contributed by atoms with Crippen LogP contribution in [0, 0.1) is 0 Å². The molecule has 1 unspecified atom stereocenters. The van der Waals surface area contributed by atoms with Crippen LogP contribution in [0.25, 0.3) is 0 Å². The van der Waals surface area contributed by atoms with Gasteiger partial charge in [0.2, 0.25) is 11.8 Å². The van der Waals surface area contributed by atoms with Crippen LogP contribution in [0.5, 0.6) is 5.75 Å². The van der Waals surface area contributed by atoms with Gasteiger partial charge in [0, 0.05) is 24.4 Å². The maximum atomic E-state index is 13.1. The van der Waals surface area contributed by atoms with Gasteiger partial charge in [0.25, 0.3) is 5.91 Å². The molecule has 1 aromatic carbocycles. The zero-order valence-corrected chi connectivity index (χ0v) is 14.4. The Hall–Kier alpha value is -2.41. The van der Waals surface area contributed by atoms with Gasteiger partial charge in [-0.1, -0.05) is 13.8 Å². The monoisotopic (exact) mass is 343 g/mol. The number of benzene rings is 1. The van der Waals surface area contributed by atoms with Gasteiger partial charge >= 0.3 is 0 Å². The van der Waals surface area contributed by atoms with E-state index >= 15 is 0 Å². The van der Waals surface area contributed by atoms with E-state index in [2.05, 4.69) is 10.2 Å². The summed E-state index contributed by atoms with van der Waals surface area (Å²) in [6.07, 6.45) is 0.838. The normalized spacial score (nSPS) is 19.8. The summed E-state index contributed by atoms with van der Waals surface area (Å²) in [5.74, 6) is 1.97. The molecule has 0 bridgehead atoms. The maximum absolute atomic E-state index is 13.1. The van der Waals surface area contributed by atoms with Gasteiger partial charge in [0.15, 0.2) is 0 Å². The zero-order chi connectivity index (χ0) is 17.4. The molecule has 1 saturated heterocycles. The minimum Gasteiger partial charge on any atom is -0.493 e. The highest BCUT2D eigenvalue weighted by molar-refractivity contribution is 5.95. The quantitative estimate of drug-likeness (QED) is 0.851. The third kappa shape index (κ3) is 3.00. The predicted molar refractivity (Wildman–Crippen MR) is 88.6 cm³/mol. The summed E-state index contributed by atoms with van der Waals surface area (Å²) < 4.78 is 16.8. The van der Waals surface area contributed by atoms with E-state index in [1.807, 2.05) is 32.0 Å². The van der Waals surface area contributed by atoms with E-state index < -0.39 is 0 Å². The number of amides is 1. The fourth-order valence-corrected chi connectivity index (χ4v) is 3.15. The van der Waals surface area contributed by atoms with Crippen molar-refractivity contribution < 1.29 is 18.7 Å². The minimum absolute atomic E-state index is 0.0488. The summed E-state index contributed by atoms with van der Waals surface area (Å²) in [6.45, 7) is 6.01. The predicted octanol–water partition coefficient (Wildman–Crippen LogP) is 2.34. The Labute approximate surface area is 145 Å². The van der Waals surface area contributed by atoms with Crippen LogP contribution < -0.4 is 4.74 Å². The molecule has 132 valence electrons. The number of fused-ring (bicyclic) bond motifs is 1. The van der Waals surface area contributed by atoms with Gasteiger partial charge < -0.3 is 18.8 Å². The summed E-state index contributed by atoms with van der Waals surface area (Å²) in [7, 11) is 0. The molecule has 2 aliphatic rings. The third-order valence-corrected chi connectivity index (χ3v) is 4.56. The molecule has 1 amide bonds. The number of carbonyl (C=O) groups is 1. The fraction of sp³-hybridized carbons (Fsp3) is 0.500. The van der Waals surface area contributed by atoms with Crippen molar-refractivity contribution >= 4 is 5.91 Å². The molecular weight excluding hydrogens is 322 g/mol. The van der Waals surface area contributed by atoms with Crippen molar-refractivity contribution in [2.75, 3.05) is 26.4 Å². The number of ether oxygens (including phenoxy) is 2. The molecule has 0 spiro atoms. The first-order valence-corrected chi connectivity index (χ1v) is 8.61. The van der Waals surface area contributed by atoms with Gasteiger partial charge in [-0.25, -0.2) is 0 Å². The fourth-order valence-electron chi connectivity index (χ4n) is 3.15. The average Bonchev–Trinajstić information content (AvgIpc) is 3.29. The minimum atomic E-state index is -0.356. The number of hydrogen-bond donors (Lipinski definition) is 0. The molecule has 0 radical (unpaired) electrons. The molecular formula is C18H21N3O4. The van der Waals surface area contributed by atoms with Crippen LogP contribution >= 0.6 is 0 Å². The number of carbonyl (C=O) groups excluding carboxylic acids is 1. The van der Waals surface area contributed by atoms with Crippen molar-refractivity contribution in [2.24, 2.45) is 0 Å². The van der Waals surface area contributed by atoms with E-state index in [0.29, 0.717) is 43.7 Å². The van der Waals surface area contributed by atoms with E-state index in [-0.39, 0.29) is 17.9 Å². The molecule has 3 heterocycles. The van der Waals surface area contributed by atoms with Crippen molar-refractivity contribution in [1.29, 1.82) is 0 Å². The summed E-state index contributed by atoms with van der Waals surface area (Å²) >= 11 is 0. The molecule has 0 saturated carbocycles. The Kier molecular flexibility index (Phi) is 4.17. The molecule has 0 aliphatic carbocycles. The second-order valence-electron chi connectivity index (χ2n) is 6.64. The van der Waals surface area contributed by atoms with E-state index in [4.69, 9.17) is 13.9 Å². The second-order valence-corrected chi connectivity index (χ2v) is 6.64. The van der Waals surface area contributed by atoms with Gasteiger partial charge in [-0.15, -0.1) is 10.2 Å². The van der Waals surface area contributed by atoms with Crippen LogP contribution in [0.1, 0.15) is 53.5 Å². The Bertz CT molecular complexity index is 786. The second kappa shape index (κ2) is 6.48.